The SMILES string of the molecule is O=C(c1ccccc1)c1ccc2c(c1)CCO2. The van der Waals surface area contributed by atoms with E-state index in [9.17, 15) is 4.79 Å². The van der Waals surface area contributed by atoms with E-state index in [1.165, 1.54) is 0 Å². The van der Waals surface area contributed by atoms with Crippen molar-refractivity contribution in [2.24, 2.45) is 0 Å². The maximum absolute atomic E-state index is 12.2. The normalized spacial score (nSPS) is 12.9. The lowest BCUT2D eigenvalue weighted by Crippen LogP contribution is -2.01. The molecular formula is C15H12O2. The van der Waals surface area contributed by atoms with Crippen molar-refractivity contribution in [2.45, 2.75) is 6.42 Å². The molecule has 0 unspecified atom stereocenters. The summed E-state index contributed by atoms with van der Waals surface area (Å²) in [5.41, 5.74) is 2.60. The summed E-state index contributed by atoms with van der Waals surface area (Å²) >= 11 is 0. The highest BCUT2D eigenvalue weighted by molar-refractivity contribution is 6.09. The maximum Gasteiger partial charge on any atom is 0.193 e. The third-order valence-corrected chi connectivity index (χ3v) is 2.99. The van der Waals surface area contributed by atoms with Crippen molar-refractivity contribution in [3.05, 3.63) is 65.2 Å². The van der Waals surface area contributed by atoms with Gasteiger partial charge in [-0.2, -0.15) is 0 Å². The maximum atomic E-state index is 12.2. The minimum Gasteiger partial charge on any atom is -0.493 e. The molecule has 1 aliphatic rings. The lowest BCUT2D eigenvalue weighted by molar-refractivity contribution is 0.103. The van der Waals surface area contributed by atoms with Crippen LogP contribution in [-0.2, 0) is 6.42 Å². The van der Waals surface area contributed by atoms with Crippen LogP contribution in [0.3, 0.4) is 0 Å². The van der Waals surface area contributed by atoms with E-state index in [0.29, 0.717) is 0 Å². The highest BCUT2D eigenvalue weighted by Gasteiger charge is 2.15. The lowest BCUT2D eigenvalue weighted by Gasteiger charge is -2.03. The van der Waals surface area contributed by atoms with Crippen LogP contribution >= 0.6 is 0 Å². The smallest absolute Gasteiger partial charge is 0.193 e. The first-order valence-electron chi connectivity index (χ1n) is 5.70. The number of carbonyl (C=O) groups excluding carboxylic acids is 1. The van der Waals surface area contributed by atoms with Gasteiger partial charge < -0.3 is 4.74 Å². The molecule has 0 bridgehead atoms. The van der Waals surface area contributed by atoms with Crippen LogP contribution in [0.5, 0.6) is 5.75 Å². The van der Waals surface area contributed by atoms with Crippen LogP contribution in [-0.4, -0.2) is 12.4 Å². The van der Waals surface area contributed by atoms with Gasteiger partial charge in [0, 0.05) is 17.5 Å². The van der Waals surface area contributed by atoms with Gasteiger partial charge >= 0.3 is 0 Å². The van der Waals surface area contributed by atoms with E-state index in [4.69, 9.17) is 4.74 Å². The molecule has 84 valence electrons. The van der Waals surface area contributed by atoms with E-state index >= 15 is 0 Å². The van der Waals surface area contributed by atoms with Crippen LogP contribution in [0.4, 0.5) is 0 Å². The molecule has 2 aromatic rings. The zero-order valence-electron chi connectivity index (χ0n) is 9.35. The molecule has 2 nitrogen and oxygen atoms in total. The average Bonchev–Trinajstić information content (AvgIpc) is 2.86. The first-order chi connectivity index (χ1) is 8.34. The van der Waals surface area contributed by atoms with E-state index in [-0.39, 0.29) is 5.78 Å². The van der Waals surface area contributed by atoms with Gasteiger partial charge in [-0.1, -0.05) is 30.3 Å². The first-order valence-corrected chi connectivity index (χ1v) is 5.70. The summed E-state index contributed by atoms with van der Waals surface area (Å²) in [6.07, 6.45) is 0.894. The highest BCUT2D eigenvalue weighted by Crippen LogP contribution is 2.26. The van der Waals surface area contributed by atoms with Crippen molar-refractivity contribution in [1.82, 2.24) is 0 Å². The monoisotopic (exact) mass is 224 g/mol. The molecular weight excluding hydrogens is 212 g/mol. The van der Waals surface area contributed by atoms with E-state index in [0.717, 1.165) is 35.5 Å². The summed E-state index contributed by atoms with van der Waals surface area (Å²) in [4.78, 5) is 12.2. The Morgan fingerprint density at radius 1 is 1.00 bits per heavy atom. The topological polar surface area (TPSA) is 26.3 Å². The largest absolute Gasteiger partial charge is 0.493 e. The first kappa shape index (κ1) is 10.1. The molecule has 0 saturated heterocycles. The van der Waals surface area contributed by atoms with Gasteiger partial charge in [0.2, 0.25) is 0 Å². The van der Waals surface area contributed by atoms with Crippen LogP contribution in [0.2, 0.25) is 0 Å². The van der Waals surface area contributed by atoms with E-state index < -0.39 is 0 Å². The van der Waals surface area contributed by atoms with Crippen molar-refractivity contribution < 1.29 is 9.53 Å². The third kappa shape index (κ3) is 1.82. The zero-order chi connectivity index (χ0) is 11.7. The Morgan fingerprint density at radius 2 is 1.82 bits per heavy atom. The highest BCUT2D eigenvalue weighted by atomic mass is 16.5. The van der Waals surface area contributed by atoms with Crippen LogP contribution in [0, 0.1) is 0 Å². The fourth-order valence-electron chi connectivity index (χ4n) is 2.08. The molecule has 0 fully saturated rings. The molecule has 0 N–H and O–H groups in total. The number of fused-ring (bicyclic) bond motifs is 1. The van der Waals surface area contributed by atoms with Crippen LogP contribution in [0.1, 0.15) is 21.5 Å². The van der Waals surface area contributed by atoms with Gasteiger partial charge in [0.05, 0.1) is 6.61 Å². The summed E-state index contributed by atoms with van der Waals surface area (Å²) in [5.74, 6) is 0.981. The molecule has 0 spiro atoms. The van der Waals surface area contributed by atoms with Gasteiger partial charge in [0.25, 0.3) is 0 Å². The molecule has 1 aliphatic heterocycles. The third-order valence-electron chi connectivity index (χ3n) is 2.99. The Morgan fingerprint density at radius 3 is 2.65 bits per heavy atom. The van der Waals surface area contributed by atoms with Gasteiger partial charge in [0.15, 0.2) is 5.78 Å². The van der Waals surface area contributed by atoms with Crippen LogP contribution < -0.4 is 4.74 Å². The predicted molar refractivity (Wildman–Crippen MR) is 65.5 cm³/mol. The second-order valence-corrected chi connectivity index (χ2v) is 4.12. The summed E-state index contributed by atoms with van der Waals surface area (Å²) in [7, 11) is 0. The zero-order valence-corrected chi connectivity index (χ0v) is 9.35. The standard InChI is InChI=1S/C15H12O2/c16-15(11-4-2-1-3-5-11)13-6-7-14-12(10-13)8-9-17-14/h1-7,10H,8-9H2. The van der Waals surface area contributed by atoms with Crippen LogP contribution in [0.15, 0.2) is 48.5 Å². The van der Waals surface area contributed by atoms with Crippen molar-refractivity contribution >= 4 is 5.78 Å². The molecule has 1 heterocycles. The second kappa shape index (κ2) is 4.06. The molecule has 17 heavy (non-hydrogen) atoms. The molecule has 2 aromatic carbocycles. The van der Waals surface area contributed by atoms with Gasteiger partial charge in [-0.3, -0.25) is 4.79 Å². The average molecular weight is 224 g/mol. The number of hydrogen-bond acceptors (Lipinski definition) is 2. The summed E-state index contributed by atoms with van der Waals surface area (Å²) in [6, 6.07) is 15.0. The summed E-state index contributed by atoms with van der Waals surface area (Å²) < 4.78 is 5.43. The molecule has 0 atom stereocenters. The number of carbonyl (C=O) groups is 1. The van der Waals surface area contributed by atoms with E-state index in [1.807, 2.05) is 48.5 Å². The number of ketones is 1. The Balaban J connectivity index is 1.97. The molecule has 0 aliphatic carbocycles. The molecule has 3 rings (SSSR count). The quantitative estimate of drug-likeness (QED) is 0.733. The fraction of sp³-hybridized carbons (Fsp3) is 0.133. The van der Waals surface area contributed by atoms with Gasteiger partial charge in [-0.05, 0) is 23.8 Å². The fourth-order valence-corrected chi connectivity index (χ4v) is 2.08. The minimum atomic E-state index is 0.0697. The molecule has 0 amide bonds. The van der Waals surface area contributed by atoms with E-state index in [1.54, 1.807) is 0 Å². The Hall–Kier alpha value is -2.09. The minimum absolute atomic E-state index is 0.0697. The second-order valence-electron chi connectivity index (χ2n) is 4.12. The number of ether oxygens (including phenoxy) is 1. The Labute approximate surface area is 99.9 Å². The summed E-state index contributed by atoms with van der Waals surface area (Å²) in [5, 5.41) is 0. The lowest BCUT2D eigenvalue weighted by atomic mass is 10.0. The Bertz CT molecular complexity index is 558. The molecule has 2 heteroatoms. The van der Waals surface area contributed by atoms with Crippen molar-refractivity contribution in [3.63, 3.8) is 0 Å². The number of benzene rings is 2. The van der Waals surface area contributed by atoms with E-state index in [2.05, 4.69) is 0 Å². The van der Waals surface area contributed by atoms with Crippen molar-refractivity contribution in [3.8, 4) is 5.75 Å². The number of rotatable bonds is 2. The van der Waals surface area contributed by atoms with Gasteiger partial charge in [0.1, 0.15) is 5.75 Å². The summed E-state index contributed by atoms with van der Waals surface area (Å²) in [6.45, 7) is 0.721. The van der Waals surface area contributed by atoms with Crippen molar-refractivity contribution in [2.75, 3.05) is 6.61 Å². The van der Waals surface area contributed by atoms with Gasteiger partial charge in [-0.15, -0.1) is 0 Å². The molecule has 0 radical (unpaired) electrons. The van der Waals surface area contributed by atoms with Gasteiger partial charge in [-0.25, -0.2) is 0 Å². The predicted octanol–water partition coefficient (Wildman–Crippen LogP) is 2.85. The number of hydrogen-bond donors (Lipinski definition) is 0. The molecule has 0 aromatic heterocycles. The Kier molecular flexibility index (Phi) is 2.41. The van der Waals surface area contributed by atoms with Crippen LogP contribution in [0.25, 0.3) is 0 Å². The van der Waals surface area contributed by atoms with Crippen molar-refractivity contribution in [1.29, 1.82) is 0 Å². The molecule has 0 saturated carbocycles.